The Balaban J connectivity index is 2.05. The van der Waals surface area contributed by atoms with Crippen molar-refractivity contribution in [3.63, 3.8) is 0 Å². The normalized spacial score (nSPS) is 11.0. The maximum Gasteiger partial charge on any atom is 0.320 e. The Morgan fingerprint density at radius 3 is 2.75 bits per heavy atom. The van der Waals surface area contributed by atoms with Crippen LogP contribution in [0.5, 0.6) is 12.0 Å². The van der Waals surface area contributed by atoms with Gasteiger partial charge < -0.3 is 15.2 Å². The molecule has 3 rings (SSSR count). The van der Waals surface area contributed by atoms with Crippen LogP contribution in [0.3, 0.4) is 0 Å². The molecule has 0 saturated carbocycles. The van der Waals surface area contributed by atoms with Gasteiger partial charge in [0, 0.05) is 12.6 Å². The molecule has 0 unspecified atom stereocenters. The second kappa shape index (κ2) is 8.83. The number of unbranched alkanes of at least 4 members (excludes halogenated alkanes) is 1. The Hall–Kier alpha value is -2.94. The Labute approximate surface area is 166 Å². The van der Waals surface area contributed by atoms with Gasteiger partial charge in [0.05, 0.1) is 13.2 Å². The largest absolute Gasteiger partial charge is 0.463 e. The summed E-state index contributed by atoms with van der Waals surface area (Å²) in [6, 6.07) is 3.73. The van der Waals surface area contributed by atoms with Gasteiger partial charge >= 0.3 is 18.0 Å². The van der Waals surface area contributed by atoms with Gasteiger partial charge in [-0.3, -0.25) is 9.36 Å². The number of carbonyl (C=O) groups is 1. The second-order valence-electron chi connectivity index (χ2n) is 6.06. The van der Waals surface area contributed by atoms with Crippen molar-refractivity contribution in [1.29, 1.82) is 0 Å². The molecule has 0 atom stereocenters. The lowest BCUT2D eigenvalue weighted by molar-refractivity contribution is -0.134. The molecule has 0 aliphatic heterocycles. The van der Waals surface area contributed by atoms with Gasteiger partial charge in [0.2, 0.25) is 0 Å². The molecule has 0 aliphatic rings. The third-order valence-corrected chi connectivity index (χ3v) is 4.14. The number of halogens is 1. The van der Waals surface area contributed by atoms with E-state index in [1.54, 1.807) is 23.8 Å². The van der Waals surface area contributed by atoms with Gasteiger partial charge in [-0.1, -0.05) is 37.9 Å². The molecule has 0 spiro atoms. The van der Waals surface area contributed by atoms with Crippen LogP contribution in [0, 0.1) is 0 Å². The Kier molecular flexibility index (Phi) is 6.25. The fraction of sp³-hybridized carbons (Fsp3) is 0.389. The van der Waals surface area contributed by atoms with Crippen molar-refractivity contribution in [2.75, 3.05) is 12.3 Å². The van der Waals surface area contributed by atoms with Crippen LogP contribution >= 0.6 is 11.6 Å². The minimum absolute atomic E-state index is 0.0866. The van der Waals surface area contributed by atoms with E-state index in [-0.39, 0.29) is 24.3 Å². The summed E-state index contributed by atoms with van der Waals surface area (Å²) in [5.74, 6) is -0.269. The fourth-order valence-corrected chi connectivity index (χ4v) is 2.54. The molecule has 148 valence electrons. The van der Waals surface area contributed by atoms with Crippen LogP contribution in [-0.2, 0) is 11.3 Å². The van der Waals surface area contributed by atoms with E-state index in [0.29, 0.717) is 29.5 Å². The molecule has 10 heteroatoms. The molecule has 0 bridgehead atoms. The molecule has 9 nitrogen and oxygen atoms in total. The third kappa shape index (κ3) is 4.48. The van der Waals surface area contributed by atoms with Crippen LogP contribution in [0.25, 0.3) is 11.2 Å². The van der Waals surface area contributed by atoms with Crippen molar-refractivity contribution in [2.45, 2.75) is 39.7 Å². The predicted octanol–water partition coefficient (Wildman–Crippen LogP) is 3.00. The second-order valence-corrected chi connectivity index (χ2v) is 6.45. The average Bonchev–Trinajstić information content (AvgIpc) is 3.01. The predicted molar refractivity (Wildman–Crippen MR) is 104 cm³/mol. The first-order valence-corrected chi connectivity index (χ1v) is 9.37. The quantitative estimate of drug-likeness (QED) is 0.345. The number of anilines is 1. The lowest BCUT2D eigenvalue weighted by Gasteiger charge is -2.09. The number of aromatic nitrogens is 5. The van der Waals surface area contributed by atoms with Gasteiger partial charge in [0.15, 0.2) is 17.0 Å². The first-order valence-electron chi connectivity index (χ1n) is 8.99. The summed E-state index contributed by atoms with van der Waals surface area (Å²) < 4.78 is 12.6. The molecule has 0 radical (unpaired) electrons. The number of imidazole rings is 1. The summed E-state index contributed by atoms with van der Waals surface area (Å²) >= 11 is 5.86. The Morgan fingerprint density at radius 2 is 2.07 bits per heavy atom. The standard InChI is InChI=1S/C18H21ClN6O3/c1-3-5-8-27-17-23-15(20)14-16(24-17)25(18(22-14)28-13(26)4-2)10-11-6-7-12(19)21-9-11/h6-7,9H,3-5,8,10H2,1-2H3,(H2,20,23,24). The number of hydrogen-bond acceptors (Lipinski definition) is 8. The lowest BCUT2D eigenvalue weighted by atomic mass is 10.3. The van der Waals surface area contributed by atoms with Crippen molar-refractivity contribution in [1.82, 2.24) is 24.5 Å². The van der Waals surface area contributed by atoms with Crippen LogP contribution in [0.4, 0.5) is 5.82 Å². The highest BCUT2D eigenvalue weighted by atomic mass is 35.5. The fourth-order valence-electron chi connectivity index (χ4n) is 2.43. The lowest BCUT2D eigenvalue weighted by Crippen LogP contribution is -2.12. The molecule has 0 aliphatic carbocycles. The average molecular weight is 405 g/mol. The van der Waals surface area contributed by atoms with Crippen molar-refractivity contribution in [3.8, 4) is 12.0 Å². The van der Waals surface area contributed by atoms with Crippen molar-refractivity contribution in [2.24, 2.45) is 0 Å². The van der Waals surface area contributed by atoms with Crippen LogP contribution < -0.4 is 15.2 Å². The number of nitrogen functional groups attached to an aromatic ring is 1. The zero-order valence-corrected chi connectivity index (χ0v) is 16.4. The van der Waals surface area contributed by atoms with Gasteiger partial charge in [0.1, 0.15) is 5.15 Å². The Morgan fingerprint density at radius 1 is 1.25 bits per heavy atom. The van der Waals surface area contributed by atoms with Crippen molar-refractivity contribution in [3.05, 3.63) is 29.0 Å². The van der Waals surface area contributed by atoms with Gasteiger partial charge in [-0.05, 0) is 18.1 Å². The van der Waals surface area contributed by atoms with Crippen LogP contribution in [0.1, 0.15) is 38.7 Å². The third-order valence-electron chi connectivity index (χ3n) is 3.92. The molecule has 3 aromatic heterocycles. The van der Waals surface area contributed by atoms with Crippen molar-refractivity contribution < 1.29 is 14.3 Å². The number of rotatable bonds is 8. The summed E-state index contributed by atoms with van der Waals surface area (Å²) in [7, 11) is 0. The van der Waals surface area contributed by atoms with E-state index in [4.69, 9.17) is 26.8 Å². The molecule has 2 N–H and O–H groups in total. The summed E-state index contributed by atoms with van der Waals surface area (Å²) in [4.78, 5) is 28.8. The van der Waals surface area contributed by atoms with Gasteiger partial charge in [-0.15, -0.1) is 0 Å². The number of nitrogens with two attached hydrogens (primary N) is 1. The van der Waals surface area contributed by atoms with Crippen LogP contribution in [0.2, 0.25) is 5.15 Å². The summed E-state index contributed by atoms with van der Waals surface area (Å²) in [6.45, 7) is 4.55. The zero-order chi connectivity index (χ0) is 20.1. The van der Waals surface area contributed by atoms with E-state index in [9.17, 15) is 4.79 Å². The molecule has 28 heavy (non-hydrogen) atoms. The molecule has 0 amide bonds. The van der Waals surface area contributed by atoms with Gasteiger partial charge in [0.25, 0.3) is 0 Å². The Bertz CT molecular complexity index is 974. The number of carbonyl (C=O) groups excluding carboxylic acids is 1. The molecule has 0 fully saturated rings. The first kappa shape index (κ1) is 19.8. The number of pyridine rings is 1. The molecule has 3 aromatic rings. The summed E-state index contributed by atoms with van der Waals surface area (Å²) in [6.07, 6.45) is 3.69. The molecular formula is C18H21ClN6O3. The molecule has 0 saturated heterocycles. The van der Waals surface area contributed by atoms with E-state index >= 15 is 0 Å². The maximum atomic E-state index is 11.8. The monoisotopic (exact) mass is 404 g/mol. The highest BCUT2D eigenvalue weighted by Crippen LogP contribution is 2.27. The summed E-state index contributed by atoms with van der Waals surface area (Å²) in [5, 5.41) is 0.384. The molecular weight excluding hydrogens is 384 g/mol. The summed E-state index contributed by atoms with van der Waals surface area (Å²) in [5.41, 5.74) is 7.61. The van der Waals surface area contributed by atoms with E-state index in [1.807, 2.05) is 6.07 Å². The maximum absolute atomic E-state index is 11.8. The number of fused-ring (bicyclic) bond motifs is 1. The first-order chi connectivity index (χ1) is 13.5. The SMILES string of the molecule is CCCCOc1nc(N)c2nc(OC(=O)CC)n(Cc3ccc(Cl)nc3)c2n1. The smallest absolute Gasteiger partial charge is 0.320 e. The number of nitrogens with zero attached hydrogens (tertiary/aromatic N) is 5. The zero-order valence-electron chi connectivity index (χ0n) is 15.7. The van der Waals surface area contributed by atoms with Crippen LogP contribution in [0.15, 0.2) is 18.3 Å². The number of ether oxygens (including phenoxy) is 2. The van der Waals surface area contributed by atoms with E-state index in [2.05, 4.69) is 26.9 Å². The number of hydrogen-bond donors (Lipinski definition) is 1. The molecule has 0 aromatic carbocycles. The minimum atomic E-state index is -0.420. The van der Waals surface area contributed by atoms with Crippen molar-refractivity contribution >= 4 is 34.6 Å². The highest BCUT2D eigenvalue weighted by molar-refractivity contribution is 6.29. The number of esters is 1. The van der Waals surface area contributed by atoms with Crippen LogP contribution in [-0.4, -0.2) is 37.1 Å². The van der Waals surface area contributed by atoms with E-state index in [0.717, 1.165) is 18.4 Å². The minimum Gasteiger partial charge on any atom is -0.463 e. The highest BCUT2D eigenvalue weighted by Gasteiger charge is 2.20. The van der Waals surface area contributed by atoms with E-state index < -0.39 is 5.97 Å². The van der Waals surface area contributed by atoms with Gasteiger partial charge in [-0.2, -0.15) is 15.0 Å². The van der Waals surface area contributed by atoms with E-state index in [1.165, 1.54) is 0 Å². The topological polar surface area (TPSA) is 118 Å². The van der Waals surface area contributed by atoms with Gasteiger partial charge in [-0.25, -0.2) is 4.98 Å². The molecule has 3 heterocycles.